The number of rotatable bonds is 10. The monoisotopic (exact) mass is 668 g/mol. The SMILES string of the molecule is CCOc1cc(C=Nn2c([C@H](C)CC)nc3ccc(Br)cc3c2=O)c(Br)cc1OCC(=O)Nc1ccccc1C. The van der Waals surface area contributed by atoms with Gasteiger partial charge in [0.25, 0.3) is 11.5 Å². The lowest BCUT2D eigenvalue weighted by molar-refractivity contribution is -0.118. The van der Waals surface area contributed by atoms with Gasteiger partial charge in [0, 0.05) is 26.1 Å². The third-order valence-corrected chi connectivity index (χ3v) is 7.52. The lowest BCUT2D eigenvalue weighted by atomic mass is 10.1. The molecule has 0 spiro atoms. The van der Waals surface area contributed by atoms with Crippen molar-refractivity contribution >= 4 is 60.6 Å². The minimum Gasteiger partial charge on any atom is -0.490 e. The zero-order chi connectivity index (χ0) is 28.8. The van der Waals surface area contributed by atoms with Crippen LogP contribution in [-0.2, 0) is 4.79 Å². The molecule has 4 aromatic rings. The maximum absolute atomic E-state index is 13.4. The molecule has 0 unspecified atom stereocenters. The van der Waals surface area contributed by atoms with Crippen LogP contribution in [0.15, 0.2) is 73.4 Å². The molecular formula is C30H30Br2N4O4. The summed E-state index contributed by atoms with van der Waals surface area (Å²) in [5.74, 6) is 1.17. The van der Waals surface area contributed by atoms with Gasteiger partial charge in [0.05, 0.1) is 23.7 Å². The van der Waals surface area contributed by atoms with Gasteiger partial charge in [-0.2, -0.15) is 9.78 Å². The average Bonchev–Trinajstić information content (AvgIpc) is 2.94. The summed E-state index contributed by atoms with van der Waals surface area (Å²) in [5, 5.41) is 7.89. The van der Waals surface area contributed by atoms with Crippen molar-refractivity contribution in [2.75, 3.05) is 18.5 Å². The fourth-order valence-electron chi connectivity index (χ4n) is 3.97. The Morgan fingerprint density at radius 1 is 1.10 bits per heavy atom. The molecule has 0 bridgehead atoms. The summed E-state index contributed by atoms with van der Waals surface area (Å²) in [7, 11) is 0. The predicted molar refractivity (Wildman–Crippen MR) is 166 cm³/mol. The molecule has 0 aliphatic heterocycles. The Balaban J connectivity index is 1.63. The molecule has 0 aliphatic rings. The van der Waals surface area contributed by atoms with Gasteiger partial charge in [-0.15, -0.1) is 0 Å². The van der Waals surface area contributed by atoms with E-state index in [-0.39, 0.29) is 24.0 Å². The largest absolute Gasteiger partial charge is 0.490 e. The number of hydrogen-bond acceptors (Lipinski definition) is 6. The van der Waals surface area contributed by atoms with Gasteiger partial charge in [-0.3, -0.25) is 9.59 Å². The van der Waals surface area contributed by atoms with Gasteiger partial charge in [-0.1, -0.05) is 48.0 Å². The Labute approximate surface area is 249 Å². The quantitative estimate of drug-likeness (QED) is 0.183. The molecule has 8 nitrogen and oxygen atoms in total. The summed E-state index contributed by atoms with van der Waals surface area (Å²) in [4.78, 5) is 30.7. The van der Waals surface area contributed by atoms with Crippen molar-refractivity contribution in [3.8, 4) is 11.5 Å². The number of anilines is 1. The number of ether oxygens (including phenoxy) is 2. The van der Waals surface area contributed by atoms with Crippen LogP contribution in [0.1, 0.15) is 50.1 Å². The van der Waals surface area contributed by atoms with Crippen molar-refractivity contribution in [1.29, 1.82) is 0 Å². The summed E-state index contributed by atoms with van der Waals surface area (Å²) in [6, 6.07) is 16.5. The topological polar surface area (TPSA) is 94.8 Å². The van der Waals surface area contributed by atoms with Crippen LogP contribution in [0.25, 0.3) is 10.9 Å². The minimum atomic E-state index is -0.286. The Bertz CT molecular complexity index is 1630. The van der Waals surface area contributed by atoms with Crippen molar-refractivity contribution in [1.82, 2.24) is 9.66 Å². The Kier molecular flexibility index (Phi) is 9.76. The summed E-state index contributed by atoms with van der Waals surface area (Å²) in [5.41, 5.74) is 2.73. The van der Waals surface area contributed by atoms with E-state index in [1.807, 2.05) is 64.1 Å². The molecule has 3 aromatic carbocycles. The number of benzene rings is 3. The number of carbonyl (C=O) groups is 1. The van der Waals surface area contributed by atoms with Crippen molar-refractivity contribution in [3.63, 3.8) is 0 Å². The number of halogens is 2. The lowest BCUT2D eigenvalue weighted by Gasteiger charge is -2.15. The number of aryl methyl sites for hydroxylation is 1. The van der Waals surface area contributed by atoms with Crippen molar-refractivity contribution in [2.24, 2.45) is 5.10 Å². The standard InChI is InChI=1S/C30H30Br2N4O4/c1-5-18(3)29-35-25-12-11-21(31)14-22(25)30(38)36(29)33-16-20-13-26(39-6-2)27(15-23(20)32)40-17-28(37)34-24-10-8-7-9-19(24)4/h7-16,18H,5-6,17H2,1-4H3,(H,34,37)/t18-/m1/s1. The summed E-state index contributed by atoms with van der Waals surface area (Å²) >= 11 is 7.01. The molecule has 208 valence electrons. The van der Waals surface area contributed by atoms with E-state index in [0.717, 1.165) is 22.1 Å². The normalized spacial score (nSPS) is 12.1. The van der Waals surface area contributed by atoms with Crippen LogP contribution >= 0.6 is 31.9 Å². The molecule has 1 aromatic heterocycles. The van der Waals surface area contributed by atoms with Gasteiger partial charge in [-0.25, -0.2) is 4.98 Å². The molecule has 40 heavy (non-hydrogen) atoms. The van der Waals surface area contributed by atoms with Gasteiger partial charge >= 0.3 is 0 Å². The van der Waals surface area contributed by atoms with Gasteiger partial charge in [-0.05, 0) is 78.2 Å². The molecular weight excluding hydrogens is 640 g/mol. The van der Waals surface area contributed by atoms with E-state index in [4.69, 9.17) is 14.5 Å². The molecule has 4 rings (SSSR count). The molecule has 1 heterocycles. The van der Waals surface area contributed by atoms with Crippen LogP contribution in [-0.4, -0.2) is 35.0 Å². The van der Waals surface area contributed by atoms with E-state index < -0.39 is 0 Å². The number of fused-ring (bicyclic) bond motifs is 1. The highest BCUT2D eigenvalue weighted by molar-refractivity contribution is 9.10. The first-order valence-electron chi connectivity index (χ1n) is 12.9. The van der Waals surface area contributed by atoms with E-state index in [1.54, 1.807) is 24.4 Å². The van der Waals surface area contributed by atoms with Gasteiger partial charge in [0.15, 0.2) is 18.1 Å². The van der Waals surface area contributed by atoms with Crippen LogP contribution in [0, 0.1) is 6.92 Å². The van der Waals surface area contributed by atoms with Crippen molar-refractivity contribution in [2.45, 2.75) is 40.0 Å². The summed E-state index contributed by atoms with van der Waals surface area (Å²) < 4.78 is 14.4. The van der Waals surface area contributed by atoms with Crippen LogP contribution in [0.2, 0.25) is 0 Å². The molecule has 1 amide bonds. The highest BCUT2D eigenvalue weighted by atomic mass is 79.9. The van der Waals surface area contributed by atoms with Gasteiger partial charge < -0.3 is 14.8 Å². The third-order valence-electron chi connectivity index (χ3n) is 6.34. The van der Waals surface area contributed by atoms with E-state index >= 15 is 0 Å². The second kappa shape index (κ2) is 13.2. The zero-order valence-electron chi connectivity index (χ0n) is 22.7. The molecule has 0 saturated heterocycles. The van der Waals surface area contributed by atoms with Gasteiger partial charge in [0.1, 0.15) is 5.82 Å². The van der Waals surface area contributed by atoms with E-state index in [1.165, 1.54) is 4.68 Å². The van der Waals surface area contributed by atoms with E-state index in [9.17, 15) is 9.59 Å². The van der Waals surface area contributed by atoms with E-state index in [0.29, 0.717) is 44.9 Å². The average molecular weight is 670 g/mol. The molecule has 10 heteroatoms. The number of nitrogens with one attached hydrogen (secondary N) is 1. The maximum Gasteiger partial charge on any atom is 0.282 e. The summed E-state index contributed by atoms with van der Waals surface area (Å²) in [6.07, 6.45) is 2.38. The number of aromatic nitrogens is 2. The van der Waals surface area contributed by atoms with Crippen LogP contribution in [0.4, 0.5) is 5.69 Å². The van der Waals surface area contributed by atoms with Crippen molar-refractivity contribution in [3.05, 3.63) is 90.8 Å². The number of amides is 1. The lowest BCUT2D eigenvalue weighted by Crippen LogP contribution is -2.23. The van der Waals surface area contributed by atoms with Crippen LogP contribution in [0.3, 0.4) is 0 Å². The van der Waals surface area contributed by atoms with Crippen LogP contribution in [0.5, 0.6) is 11.5 Å². The van der Waals surface area contributed by atoms with Crippen LogP contribution < -0.4 is 20.3 Å². The Hall–Kier alpha value is -3.50. The molecule has 0 aliphatic carbocycles. The number of nitrogens with zero attached hydrogens (tertiary/aromatic N) is 3. The Morgan fingerprint density at radius 3 is 2.58 bits per heavy atom. The highest BCUT2D eigenvalue weighted by Crippen LogP contribution is 2.33. The molecule has 0 fully saturated rings. The predicted octanol–water partition coefficient (Wildman–Crippen LogP) is 7.04. The maximum atomic E-state index is 13.4. The van der Waals surface area contributed by atoms with Gasteiger partial charge in [0.2, 0.25) is 0 Å². The highest BCUT2D eigenvalue weighted by Gasteiger charge is 2.17. The molecule has 0 saturated carbocycles. The first-order valence-corrected chi connectivity index (χ1v) is 14.5. The fourth-order valence-corrected chi connectivity index (χ4v) is 4.76. The molecule has 1 atom stereocenters. The second-order valence-corrected chi connectivity index (χ2v) is 11.0. The smallest absolute Gasteiger partial charge is 0.282 e. The molecule has 0 radical (unpaired) electrons. The molecule has 1 N–H and O–H groups in total. The third kappa shape index (κ3) is 6.79. The van der Waals surface area contributed by atoms with E-state index in [2.05, 4.69) is 42.3 Å². The summed E-state index contributed by atoms with van der Waals surface area (Å²) in [6.45, 7) is 8.05. The zero-order valence-corrected chi connectivity index (χ0v) is 25.9. The fraction of sp³-hybridized carbons (Fsp3) is 0.267. The van der Waals surface area contributed by atoms with Crippen molar-refractivity contribution < 1.29 is 14.3 Å². The Morgan fingerprint density at radius 2 is 1.85 bits per heavy atom. The first kappa shape index (κ1) is 29.5. The number of para-hydroxylation sites is 1. The first-order chi connectivity index (χ1) is 19.2. The number of carbonyl (C=O) groups excluding carboxylic acids is 1. The minimum absolute atomic E-state index is 0.0157. The second-order valence-electron chi connectivity index (χ2n) is 9.21. The number of hydrogen-bond donors (Lipinski definition) is 1.